The molecule has 0 fully saturated rings. The summed E-state index contributed by atoms with van der Waals surface area (Å²) in [5.74, 6) is 3.00. The van der Waals surface area contributed by atoms with E-state index in [1.807, 2.05) is 0 Å². The van der Waals surface area contributed by atoms with Gasteiger partial charge in [0.25, 0.3) is 0 Å². The zero-order valence-electron chi connectivity index (χ0n) is 22.6. The van der Waals surface area contributed by atoms with Crippen molar-refractivity contribution in [1.29, 1.82) is 0 Å². The molecule has 0 saturated heterocycles. The number of hydrogen-bond donors (Lipinski definition) is 0. The van der Waals surface area contributed by atoms with Crippen LogP contribution in [0.25, 0.3) is 0 Å². The van der Waals surface area contributed by atoms with Crippen molar-refractivity contribution >= 4 is 35.6 Å². The second-order valence-corrected chi connectivity index (χ2v) is 19.9. The fourth-order valence-electron chi connectivity index (χ4n) is 4.40. The van der Waals surface area contributed by atoms with Crippen molar-refractivity contribution < 1.29 is 0 Å². The van der Waals surface area contributed by atoms with Crippen LogP contribution < -0.4 is 6.54 Å². The monoisotopic (exact) mass is 650 g/mol. The summed E-state index contributed by atoms with van der Waals surface area (Å²) in [5, 5.41) is 0. The Labute approximate surface area is 210 Å². The summed E-state index contributed by atoms with van der Waals surface area (Å²) in [6.07, 6.45) is 0. The predicted octanol–water partition coefficient (Wildman–Crippen LogP) is 8.77. The first kappa shape index (κ1) is 27.9. The molecular formula is C30H46BiCl. The molecule has 2 heteroatoms. The Morgan fingerprint density at radius 3 is 0.812 bits per heavy atom. The fraction of sp³-hybridized carbons (Fsp3) is 0.600. The van der Waals surface area contributed by atoms with Gasteiger partial charge in [0.1, 0.15) is 0 Å². The SMILES string of the molecule is CC(C)c1cc(C(C)C)[c]([Bi]([Cl])[c]2c(C(C)C)cc(C(C)C)cc2C(C)C)c(C(C)C)c1. The van der Waals surface area contributed by atoms with Crippen molar-refractivity contribution in [1.82, 2.24) is 0 Å². The van der Waals surface area contributed by atoms with E-state index in [1.165, 1.54) is 33.4 Å². The Morgan fingerprint density at radius 2 is 0.656 bits per heavy atom. The third kappa shape index (κ3) is 5.99. The van der Waals surface area contributed by atoms with E-state index < -0.39 is 20.6 Å². The summed E-state index contributed by atoms with van der Waals surface area (Å²) in [5.41, 5.74) is 8.93. The average molecular weight is 651 g/mol. The summed E-state index contributed by atoms with van der Waals surface area (Å²) in [6.45, 7) is 28.0. The van der Waals surface area contributed by atoms with E-state index in [0.717, 1.165) is 0 Å². The van der Waals surface area contributed by atoms with Crippen LogP contribution in [0, 0.1) is 0 Å². The molecule has 0 aliphatic carbocycles. The van der Waals surface area contributed by atoms with E-state index in [2.05, 4.69) is 107 Å². The van der Waals surface area contributed by atoms with Crippen LogP contribution in [0.4, 0.5) is 0 Å². The Balaban J connectivity index is 2.94. The van der Waals surface area contributed by atoms with Crippen LogP contribution in [0.5, 0.6) is 0 Å². The number of benzene rings is 2. The molecule has 0 saturated carbocycles. The molecule has 32 heavy (non-hydrogen) atoms. The van der Waals surface area contributed by atoms with Crippen LogP contribution in [0.1, 0.15) is 152 Å². The summed E-state index contributed by atoms with van der Waals surface area (Å²) in [7, 11) is 7.80. The van der Waals surface area contributed by atoms with Crippen molar-refractivity contribution in [3.05, 3.63) is 57.6 Å². The standard InChI is InChI=1S/2C15H23.Bi.ClH/c2*1-10(2)13-7-14(11(3)4)9-15(8-13)12(5)6;;/h2*7-8,10-12H,1-6H3;;1H/q;;+1;/p-1. The fourth-order valence-corrected chi connectivity index (χ4v) is 17.2. The first-order valence-corrected chi connectivity index (χ1v) is 20.3. The van der Waals surface area contributed by atoms with Crippen molar-refractivity contribution in [2.24, 2.45) is 0 Å². The molecule has 0 amide bonds. The molecule has 0 aromatic heterocycles. The van der Waals surface area contributed by atoms with Gasteiger partial charge in [-0.3, -0.25) is 0 Å². The van der Waals surface area contributed by atoms with Gasteiger partial charge in [-0.2, -0.15) is 0 Å². The molecule has 2 aromatic carbocycles. The molecule has 2 rings (SSSR count). The molecule has 178 valence electrons. The van der Waals surface area contributed by atoms with Crippen molar-refractivity contribution in [3.8, 4) is 0 Å². The van der Waals surface area contributed by atoms with Crippen LogP contribution in [0.3, 0.4) is 0 Å². The molecule has 0 aliphatic heterocycles. The summed E-state index contributed by atoms with van der Waals surface area (Å²) < 4.78 is 3.11. The molecule has 0 atom stereocenters. The van der Waals surface area contributed by atoms with Gasteiger partial charge in [-0.25, -0.2) is 0 Å². The van der Waals surface area contributed by atoms with Crippen LogP contribution in [-0.4, -0.2) is 20.6 Å². The molecular weight excluding hydrogens is 605 g/mol. The topological polar surface area (TPSA) is 0 Å². The van der Waals surface area contributed by atoms with E-state index in [-0.39, 0.29) is 0 Å². The first-order chi connectivity index (χ1) is 14.8. The minimum absolute atomic E-state index is 0.484. The van der Waals surface area contributed by atoms with Gasteiger partial charge in [-0.15, -0.1) is 0 Å². The zero-order valence-corrected chi connectivity index (χ0v) is 26.8. The first-order valence-electron chi connectivity index (χ1n) is 12.6. The minimum atomic E-state index is -2.77. The van der Waals surface area contributed by atoms with E-state index in [1.54, 1.807) is 6.54 Å². The quantitative estimate of drug-likeness (QED) is 0.251. The van der Waals surface area contributed by atoms with Gasteiger partial charge in [0.2, 0.25) is 0 Å². The molecule has 0 unspecified atom stereocenters. The third-order valence-electron chi connectivity index (χ3n) is 6.60. The molecule has 0 bridgehead atoms. The maximum absolute atomic E-state index is 7.80. The maximum atomic E-state index is 7.80. The number of hydrogen-bond acceptors (Lipinski definition) is 0. The van der Waals surface area contributed by atoms with Crippen molar-refractivity contribution in [2.75, 3.05) is 0 Å². The van der Waals surface area contributed by atoms with Gasteiger partial charge in [0.15, 0.2) is 0 Å². The van der Waals surface area contributed by atoms with Gasteiger partial charge >= 0.3 is 212 Å². The summed E-state index contributed by atoms with van der Waals surface area (Å²) >= 11 is -2.77. The molecule has 0 radical (unpaired) electrons. The van der Waals surface area contributed by atoms with Crippen molar-refractivity contribution in [2.45, 2.75) is 119 Å². The Kier molecular flexibility index (Phi) is 9.89. The number of halogens is 1. The molecule has 2 aromatic rings. The van der Waals surface area contributed by atoms with Gasteiger partial charge < -0.3 is 0 Å². The van der Waals surface area contributed by atoms with Crippen LogP contribution >= 0.6 is 8.51 Å². The molecule has 0 N–H and O–H groups in total. The second kappa shape index (κ2) is 11.4. The summed E-state index contributed by atoms with van der Waals surface area (Å²) in [4.78, 5) is 0. The number of rotatable bonds is 8. The van der Waals surface area contributed by atoms with Gasteiger partial charge in [0.05, 0.1) is 0 Å². The van der Waals surface area contributed by atoms with Crippen LogP contribution in [0.2, 0.25) is 0 Å². The van der Waals surface area contributed by atoms with Gasteiger partial charge in [-0.1, -0.05) is 0 Å². The Hall–Kier alpha value is -0.387. The van der Waals surface area contributed by atoms with E-state index >= 15 is 0 Å². The Bertz CT molecular complexity index is 785. The van der Waals surface area contributed by atoms with E-state index in [4.69, 9.17) is 8.51 Å². The van der Waals surface area contributed by atoms with Gasteiger partial charge in [0, 0.05) is 0 Å². The molecule has 0 nitrogen and oxygen atoms in total. The molecule has 0 aliphatic rings. The normalized spacial score (nSPS) is 12.6. The average Bonchev–Trinajstić information content (AvgIpc) is 2.70. The van der Waals surface area contributed by atoms with E-state index in [0.29, 0.717) is 35.5 Å². The predicted molar refractivity (Wildman–Crippen MR) is 148 cm³/mol. The molecule has 0 spiro atoms. The zero-order chi connectivity index (χ0) is 24.5. The van der Waals surface area contributed by atoms with Crippen LogP contribution in [0.15, 0.2) is 24.3 Å². The Morgan fingerprint density at radius 1 is 0.438 bits per heavy atom. The van der Waals surface area contributed by atoms with E-state index in [9.17, 15) is 0 Å². The van der Waals surface area contributed by atoms with Gasteiger partial charge in [-0.05, 0) is 0 Å². The van der Waals surface area contributed by atoms with Crippen LogP contribution in [-0.2, 0) is 0 Å². The third-order valence-corrected chi connectivity index (χ3v) is 16.6. The second-order valence-electron chi connectivity index (χ2n) is 11.3. The summed E-state index contributed by atoms with van der Waals surface area (Å²) in [6, 6.07) is 9.92. The van der Waals surface area contributed by atoms with Crippen molar-refractivity contribution in [3.63, 3.8) is 0 Å². The molecule has 0 heterocycles.